The Morgan fingerprint density at radius 1 is 1.45 bits per heavy atom. The van der Waals surface area contributed by atoms with Crippen LogP contribution in [-0.2, 0) is 0 Å². The van der Waals surface area contributed by atoms with Crippen molar-refractivity contribution < 1.29 is 14.6 Å². The Morgan fingerprint density at radius 3 is 2.95 bits per heavy atom. The van der Waals surface area contributed by atoms with E-state index in [4.69, 9.17) is 9.47 Å². The molecule has 0 aromatic heterocycles. The lowest BCUT2D eigenvalue weighted by Crippen LogP contribution is -2.23. The molecule has 1 aromatic carbocycles. The van der Waals surface area contributed by atoms with Crippen molar-refractivity contribution in [3.8, 4) is 11.5 Å². The van der Waals surface area contributed by atoms with Crippen LogP contribution in [0.2, 0.25) is 0 Å². The quantitative estimate of drug-likeness (QED) is 0.805. The first kappa shape index (κ1) is 15.1. The van der Waals surface area contributed by atoms with Gasteiger partial charge >= 0.3 is 0 Å². The van der Waals surface area contributed by atoms with Crippen molar-refractivity contribution in [2.24, 2.45) is 0 Å². The van der Waals surface area contributed by atoms with E-state index in [0.717, 1.165) is 24.5 Å². The second-order valence-electron chi connectivity index (χ2n) is 5.93. The minimum absolute atomic E-state index is 0.287. The van der Waals surface area contributed by atoms with Crippen LogP contribution in [-0.4, -0.2) is 30.5 Å². The molecule has 0 saturated carbocycles. The van der Waals surface area contributed by atoms with E-state index in [2.05, 4.69) is 18.3 Å². The highest BCUT2D eigenvalue weighted by molar-refractivity contribution is 5.45. The molecule has 0 spiro atoms. The predicted molar refractivity (Wildman–Crippen MR) is 79.4 cm³/mol. The van der Waals surface area contributed by atoms with Gasteiger partial charge in [0.05, 0.1) is 18.2 Å². The van der Waals surface area contributed by atoms with Gasteiger partial charge in [-0.15, -0.1) is 0 Å². The van der Waals surface area contributed by atoms with E-state index in [-0.39, 0.29) is 6.04 Å². The molecule has 1 aromatic rings. The van der Waals surface area contributed by atoms with E-state index >= 15 is 0 Å². The van der Waals surface area contributed by atoms with Gasteiger partial charge in [-0.3, -0.25) is 0 Å². The van der Waals surface area contributed by atoms with E-state index in [1.165, 1.54) is 5.56 Å². The molecule has 20 heavy (non-hydrogen) atoms. The number of aliphatic hydroxyl groups is 1. The van der Waals surface area contributed by atoms with Crippen LogP contribution in [0.3, 0.4) is 0 Å². The first-order valence-corrected chi connectivity index (χ1v) is 7.35. The summed E-state index contributed by atoms with van der Waals surface area (Å²) in [4.78, 5) is 0. The number of ether oxygens (including phenoxy) is 2. The van der Waals surface area contributed by atoms with E-state index in [1.54, 1.807) is 13.8 Å². The summed E-state index contributed by atoms with van der Waals surface area (Å²) >= 11 is 0. The smallest absolute Gasteiger partial charge is 0.127 e. The first-order valence-electron chi connectivity index (χ1n) is 7.35. The Morgan fingerprint density at radius 2 is 2.25 bits per heavy atom. The zero-order chi connectivity index (χ0) is 14.6. The highest BCUT2D eigenvalue weighted by Crippen LogP contribution is 2.35. The lowest BCUT2D eigenvalue weighted by molar-refractivity contribution is 0.0553. The molecule has 1 aliphatic heterocycles. The summed E-state index contributed by atoms with van der Waals surface area (Å²) in [6.45, 7) is 7.90. The number of rotatable bonds is 7. The van der Waals surface area contributed by atoms with E-state index in [9.17, 15) is 5.11 Å². The molecule has 0 bridgehead atoms. The van der Waals surface area contributed by atoms with Crippen LogP contribution in [0.25, 0.3) is 0 Å². The fourth-order valence-electron chi connectivity index (χ4n) is 2.19. The van der Waals surface area contributed by atoms with Crippen LogP contribution < -0.4 is 14.8 Å². The number of nitrogens with one attached hydrogen (secondary N) is 1. The maximum absolute atomic E-state index is 9.65. The van der Waals surface area contributed by atoms with Gasteiger partial charge in [0.25, 0.3) is 0 Å². The number of hydrogen-bond donors (Lipinski definition) is 2. The van der Waals surface area contributed by atoms with Crippen molar-refractivity contribution in [2.75, 3.05) is 19.8 Å². The molecule has 2 rings (SSSR count). The highest BCUT2D eigenvalue weighted by atomic mass is 16.5. The topological polar surface area (TPSA) is 50.7 Å². The monoisotopic (exact) mass is 279 g/mol. The van der Waals surface area contributed by atoms with Gasteiger partial charge in [0.2, 0.25) is 0 Å². The molecule has 1 heterocycles. The fourth-order valence-corrected chi connectivity index (χ4v) is 2.19. The third-order valence-electron chi connectivity index (χ3n) is 3.39. The molecule has 4 nitrogen and oxygen atoms in total. The largest absolute Gasteiger partial charge is 0.493 e. The van der Waals surface area contributed by atoms with Crippen LogP contribution in [0, 0.1) is 0 Å². The fraction of sp³-hybridized carbons (Fsp3) is 0.625. The first-order chi connectivity index (χ1) is 9.49. The minimum atomic E-state index is -0.692. The standard InChI is InChI=1S/C16H25NO3/c1-4-8-17-14-11-20-15-10-12(5-6-13(14)15)19-9-7-16(2,3)18/h5-6,10,14,17-18H,4,7-9,11H2,1-3H3. The Bertz CT molecular complexity index is 440. The summed E-state index contributed by atoms with van der Waals surface area (Å²) in [7, 11) is 0. The third kappa shape index (κ3) is 4.12. The Labute approximate surface area is 121 Å². The molecule has 0 saturated heterocycles. The van der Waals surface area contributed by atoms with Crippen molar-refractivity contribution in [2.45, 2.75) is 45.3 Å². The summed E-state index contributed by atoms with van der Waals surface area (Å²) in [5, 5.41) is 13.1. The number of hydrogen-bond acceptors (Lipinski definition) is 4. The molecule has 4 heteroatoms. The lowest BCUT2D eigenvalue weighted by atomic mass is 10.1. The van der Waals surface area contributed by atoms with Gasteiger partial charge in [0.1, 0.15) is 18.1 Å². The molecule has 1 aliphatic rings. The summed E-state index contributed by atoms with van der Waals surface area (Å²) in [5.41, 5.74) is 0.510. The van der Waals surface area contributed by atoms with Gasteiger partial charge in [-0.25, -0.2) is 0 Å². The molecule has 0 aliphatic carbocycles. The molecular formula is C16H25NO3. The van der Waals surface area contributed by atoms with Gasteiger partial charge in [0.15, 0.2) is 0 Å². The third-order valence-corrected chi connectivity index (χ3v) is 3.39. The second-order valence-corrected chi connectivity index (χ2v) is 5.93. The molecule has 0 amide bonds. The summed E-state index contributed by atoms with van der Waals surface area (Å²) < 4.78 is 11.4. The van der Waals surface area contributed by atoms with Crippen LogP contribution in [0.1, 0.15) is 45.2 Å². The molecule has 2 N–H and O–H groups in total. The van der Waals surface area contributed by atoms with Gasteiger partial charge in [0, 0.05) is 18.1 Å². The van der Waals surface area contributed by atoms with Crippen LogP contribution in [0.4, 0.5) is 0 Å². The Hall–Kier alpha value is -1.26. The minimum Gasteiger partial charge on any atom is -0.493 e. The Kier molecular flexibility index (Phi) is 4.89. The van der Waals surface area contributed by atoms with E-state index < -0.39 is 5.60 Å². The average molecular weight is 279 g/mol. The predicted octanol–water partition coefficient (Wildman–Crippen LogP) is 2.66. The van der Waals surface area contributed by atoms with Gasteiger partial charge in [-0.05, 0) is 38.9 Å². The number of fused-ring (bicyclic) bond motifs is 1. The van der Waals surface area contributed by atoms with E-state index in [0.29, 0.717) is 19.6 Å². The maximum Gasteiger partial charge on any atom is 0.127 e. The van der Waals surface area contributed by atoms with Crippen LogP contribution in [0.5, 0.6) is 11.5 Å². The van der Waals surface area contributed by atoms with E-state index in [1.807, 2.05) is 12.1 Å². The molecular weight excluding hydrogens is 254 g/mol. The zero-order valence-electron chi connectivity index (χ0n) is 12.6. The summed E-state index contributed by atoms with van der Waals surface area (Å²) in [5.74, 6) is 1.70. The lowest BCUT2D eigenvalue weighted by Gasteiger charge is -2.17. The van der Waals surface area contributed by atoms with Crippen LogP contribution in [0.15, 0.2) is 18.2 Å². The van der Waals surface area contributed by atoms with Crippen molar-refractivity contribution >= 4 is 0 Å². The SMILES string of the molecule is CCCNC1COc2cc(OCCC(C)(C)O)ccc21. The average Bonchev–Trinajstić information content (AvgIpc) is 2.77. The molecule has 1 unspecified atom stereocenters. The van der Waals surface area contributed by atoms with Crippen molar-refractivity contribution in [3.63, 3.8) is 0 Å². The molecule has 1 atom stereocenters. The van der Waals surface area contributed by atoms with Crippen molar-refractivity contribution in [1.29, 1.82) is 0 Å². The normalized spacial score (nSPS) is 17.7. The van der Waals surface area contributed by atoms with Crippen molar-refractivity contribution in [3.05, 3.63) is 23.8 Å². The zero-order valence-corrected chi connectivity index (χ0v) is 12.6. The maximum atomic E-state index is 9.65. The van der Waals surface area contributed by atoms with Crippen molar-refractivity contribution in [1.82, 2.24) is 5.32 Å². The highest BCUT2D eigenvalue weighted by Gasteiger charge is 2.23. The molecule has 112 valence electrons. The summed E-state index contributed by atoms with van der Waals surface area (Å²) in [6, 6.07) is 6.26. The Balaban J connectivity index is 1.92. The summed E-state index contributed by atoms with van der Waals surface area (Å²) in [6.07, 6.45) is 1.72. The van der Waals surface area contributed by atoms with Gasteiger partial charge < -0.3 is 19.9 Å². The molecule has 0 radical (unpaired) electrons. The molecule has 0 fully saturated rings. The number of benzene rings is 1. The van der Waals surface area contributed by atoms with Gasteiger partial charge in [-0.2, -0.15) is 0 Å². The second kappa shape index (κ2) is 6.46. The van der Waals surface area contributed by atoms with Crippen LogP contribution >= 0.6 is 0 Å². The van der Waals surface area contributed by atoms with Gasteiger partial charge in [-0.1, -0.05) is 6.92 Å².